The molecule has 1 aromatic heterocycles. The van der Waals surface area contributed by atoms with Crippen LogP contribution in [-0.4, -0.2) is 29.1 Å². The van der Waals surface area contributed by atoms with Gasteiger partial charge >= 0.3 is 0 Å². The summed E-state index contributed by atoms with van der Waals surface area (Å²) in [6.45, 7) is 2.21. The largest absolute Gasteiger partial charge is 0.354 e. The third-order valence-electron chi connectivity index (χ3n) is 1.42. The maximum absolute atomic E-state index is 10.7. The maximum Gasteiger partial charge on any atom is 0.233 e. The van der Waals surface area contributed by atoms with Crippen molar-refractivity contribution in [3.05, 3.63) is 11.7 Å². The molecule has 0 aliphatic heterocycles. The van der Waals surface area contributed by atoms with Crippen molar-refractivity contribution < 1.29 is 9.32 Å². The first-order valence-electron chi connectivity index (χ1n) is 3.98. The third kappa shape index (κ3) is 4.20. The Bertz CT molecular complexity index is 289. The fourth-order valence-corrected chi connectivity index (χ4v) is 0.823. The molecule has 0 radical (unpaired) electrons. The summed E-state index contributed by atoms with van der Waals surface area (Å²) in [5.41, 5.74) is 5.09. The standard InChI is InChI=1S/C7H12N4O2.ClH/c1-5-10-7(13-11-5)2-3-9-6(12)4-8;/h2-4,8H2,1H3,(H,9,12);1H. The average Bonchev–Trinajstić information content (AvgIpc) is 2.51. The van der Waals surface area contributed by atoms with E-state index in [2.05, 4.69) is 15.5 Å². The van der Waals surface area contributed by atoms with Crippen molar-refractivity contribution in [2.24, 2.45) is 5.73 Å². The fraction of sp³-hybridized carbons (Fsp3) is 0.571. The number of nitrogens with two attached hydrogens (primary N) is 1. The van der Waals surface area contributed by atoms with Crippen molar-refractivity contribution in [1.82, 2.24) is 15.5 Å². The topological polar surface area (TPSA) is 94.0 Å². The molecule has 14 heavy (non-hydrogen) atoms. The molecule has 0 saturated carbocycles. The number of carbonyl (C=O) groups excluding carboxylic acids is 1. The first-order chi connectivity index (χ1) is 6.22. The molecule has 1 aromatic rings. The summed E-state index contributed by atoms with van der Waals surface area (Å²) in [6, 6.07) is 0. The Labute approximate surface area is 87.6 Å². The normalized spacial score (nSPS) is 9.29. The molecule has 0 saturated heterocycles. The second-order valence-electron chi connectivity index (χ2n) is 2.54. The maximum atomic E-state index is 10.7. The highest BCUT2D eigenvalue weighted by molar-refractivity contribution is 5.85. The molecule has 1 rings (SSSR count). The van der Waals surface area contributed by atoms with Crippen LogP contribution in [0, 0.1) is 6.92 Å². The summed E-state index contributed by atoms with van der Waals surface area (Å²) in [4.78, 5) is 14.7. The summed E-state index contributed by atoms with van der Waals surface area (Å²) in [6.07, 6.45) is 0.534. The molecule has 0 fully saturated rings. The van der Waals surface area contributed by atoms with Gasteiger partial charge in [-0.3, -0.25) is 4.79 Å². The number of aromatic nitrogens is 2. The quantitative estimate of drug-likeness (QED) is 0.708. The molecule has 0 spiro atoms. The molecule has 0 bridgehead atoms. The van der Waals surface area contributed by atoms with Crippen LogP contribution in [0.1, 0.15) is 11.7 Å². The van der Waals surface area contributed by atoms with E-state index in [9.17, 15) is 4.79 Å². The number of hydrogen-bond donors (Lipinski definition) is 2. The fourth-order valence-electron chi connectivity index (χ4n) is 0.823. The van der Waals surface area contributed by atoms with Gasteiger partial charge in [0.05, 0.1) is 6.54 Å². The monoisotopic (exact) mass is 220 g/mol. The van der Waals surface area contributed by atoms with E-state index in [0.29, 0.717) is 24.7 Å². The smallest absolute Gasteiger partial charge is 0.233 e. The predicted molar refractivity (Wildman–Crippen MR) is 52.1 cm³/mol. The van der Waals surface area contributed by atoms with E-state index in [1.807, 2.05) is 0 Å². The number of nitrogens with zero attached hydrogens (tertiary/aromatic N) is 2. The summed E-state index contributed by atoms with van der Waals surface area (Å²) in [7, 11) is 0. The van der Waals surface area contributed by atoms with Crippen molar-refractivity contribution in [3.63, 3.8) is 0 Å². The first kappa shape index (κ1) is 12.9. The van der Waals surface area contributed by atoms with Gasteiger partial charge in [-0.05, 0) is 6.92 Å². The minimum atomic E-state index is -0.184. The van der Waals surface area contributed by atoms with Crippen LogP contribution in [0.25, 0.3) is 0 Å². The molecule has 6 nitrogen and oxygen atoms in total. The second kappa shape index (κ2) is 6.33. The minimum Gasteiger partial charge on any atom is -0.354 e. The molecule has 0 aliphatic rings. The van der Waals surface area contributed by atoms with Crippen LogP contribution >= 0.6 is 12.4 Å². The van der Waals surface area contributed by atoms with Crippen LogP contribution in [0.5, 0.6) is 0 Å². The van der Waals surface area contributed by atoms with Gasteiger partial charge < -0.3 is 15.6 Å². The summed E-state index contributed by atoms with van der Waals surface area (Å²) in [5.74, 6) is 0.936. The summed E-state index contributed by atoms with van der Waals surface area (Å²) >= 11 is 0. The van der Waals surface area contributed by atoms with Crippen LogP contribution in [0.3, 0.4) is 0 Å². The molecule has 1 heterocycles. The van der Waals surface area contributed by atoms with Gasteiger partial charge in [-0.1, -0.05) is 5.16 Å². The molecule has 0 aromatic carbocycles. The van der Waals surface area contributed by atoms with Crippen LogP contribution in [-0.2, 0) is 11.2 Å². The van der Waals surface area contributed by atoms with E-state index in [1.54, 1.807) is 6.92 Å². The molecule has 0 aliphatic carbocycles. The average molecular weight is 221 g/mol. The van der Waals surface area contributed by atoms with Gasteiger partial charge in [0.2, 0.25) is 11.8 Å². The van der Waals surface area contributed by atoms with Gasteiger partial charge in [-0.2, -0.15) is 4.98 Å². The lowest BCUT2D eigenvalue weighted by Crippen LogP contribution is -2.31. The Morgan fingerprint density at radius 1 is 1.64 bits per heavy atom. The number of halogens is 1. The Balaban J connectivity index is 0.00000169. The SMILES string of the molecule is Cc1noc(CCNC(=O)CN)n1.Cl. The van der Waals surface area contributed by atoms with Gasteiger partial charge in [0.15, 0.2) is 5.82 Å². The lowest BCUT2D eigenvalue weighted by atomic mass is 10.4. The van der Waals surface area contributed by atoms with Gasteiger partial charge in [-0.15, -0.1) is 12.4 Å². The minimum absolute atomic E-state index is 0. The van der Waals surface area contributed by atoms with E-state index in [1.165, 1.54) is 0 Å². The predicted octanol–water partition coefficient (Wildman–Crippen LogP) is -0.583. The molecule has 7 heteroatoms. The number of amides is 1. The number of rotatable bonds is 4. The number of hydrogen-bond acceptors (Lipinski definition) is 5. The molecule has 1 amide bonds. The van der Waals surface area contributed by atoms with Crippen molar-refractivity contribution in [2.45, 2.75) is 13.3 Å². The van der Waals surface area contributed by atoms with Gasteiger partial charge in [0.1, 0.15) is 0 Å². The van der Waals surface area contributed by atoms with E-state index < -0.39 is 0 Å². The molecule has 3 N–H and O–H groups in total. The Morgan fingerprint density at radius 2 is 2.36 bits per heavy atom. The molecule has 0 atom stereocenters. The van der Waals surface area contributed by atoms with Crippen molar-refractivity contribution in [2.75, 3.05) is 13.1 Å². The van der Waals surface area contributed by atoms with E-state index in [0.717, 1.165) is 0 Å². The molecule has 0 unspecified atom stereocenters. The first-order valence-corrected chi connectivity index (χ1v) is 3.98. The Kier molecular flexibility index (Phi) is 5.82. The van der Waals surface area contributed by atoms with Crippen LogP contribution in [0.2, 0.25) is 0 Å². The number of aryl methyl sites for hydroxylation is 1. The Hall–Kier alpha value is -1.14. The third-order valence-corrected chi connectivity index (χ3v) is 1.42. The van der Waals surface area contributed by atoms with Gasteiger partial charge in [0, 0.05) is 13.0 Å². The molecular weight excluding hydrogens is 208 g/mol. The lowest BCUT2D eigenvalue weighted by molar-refractivity contribution is -0.119. The van der Waals surface area contributed by atoms with Crippen LogP contribution in [0.4, 0.5) is 0 Å². The number of carbonyl (C=O) groups is 1. The summed E-state index contributed by atoms with van der Waals surface area (Å²) < 4.78 is 4.84. The highest BCUT2D eigenvalue weighted by Gasteiger charge is 2.02. The van der Waals surface area contributed by atoms with Crippen molar-refractivity contribution in [1.29, 1.82) is 0 Å². The highest BCUT2D eigenvalue weighted by atomic mass is 35.5. The zero-order chi connectivity index (χ0) is 9.68. The van der Waals surface area contributed by atoms with Gasteiger partial charge in [-0.25, -0.2) is 0 Å². The van der Waals surface area contributed by atoms with E-state index >= 15 is 0 Å². The van der Waals surface area contributed by atoms with Gasteiger partial charge in [0.25, 0.3) is 0 Å². The number of nitrogens with one attached hydrogen (secondary N) is 1. The second-order valence-corrected chi connectivity index (χ2v) is 2.54. The van der Waals surface area contributed by atoms with Crippen LogP contribution < -0.4 is 11.1 Å². The Morgan fingerprint density at radius 3 is 2.86 bits per heavy atom. The highest BCUT2D eigenvalue weighted by Crippen LogP contribution is 1.95. The lowest BCUT2D eigenvalue weighted by Gasteiger charge is -1.98. The zero-order valence-corrected chi connectivity index (χ0v) is 8.63. The zero-order valence-electron chi connectivity index (χ0n) is 7.82. The molecule has 80 valence electrons. The van der Waals surface area contributed by atoms with Crippen LogP contribution in [0.15, 0.2) is 4.52 Å². The van der Waals surface area contributed by atoms with Crippen molar-refractivity contribution >= 4 is 18.3 Å². The van der Waals surface area contributed by atoms with E-state index in [4.69, 9.17) is 10.3 Å². The van der Waals surface area contributed by atoms with Crippen molar-refractivity contribution in [3.8, 4) is 0 Å². The molecular formula is C7H13ClN4O2. The van der Waals surface area contributed by atoms with E-state index in [-0.39, 0.29) is 24.9 Å². The summed E-state index contributed by atoms with van der Waals surface area (Å²) in [5, 5.41) is 6.21.